The molecule has 0 fully saturated rings. The van der Waals surface area contributed by atoms with E-state index < -0.39 is 0 Å². The van der Waals surface area contributed by atoms with Crippen LogP contribution >= 0.6 is 0 Å². The van der Waals surface area contributed by atoms with Crippen LogP contribution < -0.4 is 0 Å². The normalized spacial score (nSPS) is 11.6. The molecule has 10 aromatic rings. The van der Waals surface area contributed by atoms with Crippen LogP contribution in [0, 0.1) is 0 Å². The van der Waals surface area contributed by atoms with E-state index in [4.69, 9.17) is 0 Å². The monoisotopic (exact) mass is 636 g/mol. The lowest BCUT2D eigenvalue weighted by atomic mass is 10.0. The molecule has 8 aromatic carbocycles. The molecular weight excluding hydrogens is 605 g/mol. The Bertz CT molecular complexity index is 2820. The Morgan fingerprint density at radius 3 is 1.20 bits per heavy atom. The summed E-state index contributed by atoms with van der Waals surface area (Å²) in [5.41, 5.74) is 14.4. The number of rotatable bonds is 5. The van der Waals surface area contributed by atoms with Gasteiger partial charge in [0.15, 0.2) is 0 Å². The van der Waals surface area contributed by atoms with Crippen molar-refractivity contribution < 1.29 is 0 Å². The zero-order chi connectivity index (χ0) is 33.0. The maximum atomic E-state index is 2.43. The third-order valence-corrected chi connectivity index (χ3v) is 10.1. The van der Waals surface area contributed by atoms with Crippen molar-refractivity contribution >= 4 is 43.6 Å². The van der Waals surface area contributed by atoms with Gasteiger partial charge >= 0.3 is 0 Å². The number of hydrogen-bond donors (Lipinski definition) is 0. The molecule has 0 radical (unpaired) electrons. The summed E-state index contributed by atoms with van der Waals surface area (Å²) in [5.74, 6) is 0. The van der Waals surface area contributed by atoms with Gasteiger partial charge in [0.25, 0.3) is 0 Å². The summed E-state index contributed by atoms with van der Waals surface area (Å²) in [7, 11) is 0. The smallest absolute Gasteiger partial charge is 0.0562 e. The van der Waals surface area contributed by atoms with Gasteiger partial charge in [0.05, 0.1) is 22.1 Å². The summed E-state index contributed by atoms with van der Waals surface area (Å²) >= 11 is 0. The van der Waals surface area contributed by atoms with Crippen LogP contribution in [0.3, 0.4) is 0 Å². The minimum absolute atomic E-state index is 1.15. The maximum absolute atomic E-state index is 2.43. The molecule has 0 saturated carbocycles. The second-order valence-corrected chi connectivity index (χ2v) is 13.0. The van der Waals surface area contributed by atoms with Gasteiger partial charge in [0, 0.05) is 32.9 Å². The standard InChI is InChI=1S/C48H32N2/c1-3-12-33(13-4-1)35-22-24-36(25-23-35)37-26-28-39(29-27-37)49-45-20-9-7-18-41(45)43-31-44-42-19-8-10-21-46(42)50(48(44)32-47(43)49)40-17-11-16-38(30-40)34-14-5-2-6-15-34/h1-32H. The second kappa shape index (κ2) is 11.5. The number of fused-ring (bicyclic) bond motifs is 6. The van der Waals surface area contributed by atoms with E-state index in [0.29, 0.717) is 0 Å². The Morgan fingerprint density at radius 2 is 0.640 bits per heavy atom. The highest BCUT2D eigenvalue weighted by molar-refractivity contribution is 6.19. The molecule has 234 valence electrons. The topological polar surface area (TPSA) is 9.86 Å². The van der Waals surface area contributed by atoms with E-state index in [-0.39, 0.29) is 0 Å². The molecule has 0 spiro atoms. The highest BCUT2D eigenvalue weighted by atomic mass is 15.0. The lowest BCUT2D eigenvalue weighted by molar-refractivity contribution is 1.16. The van der Waals surface area contributed by atoms with Gasteiger partial charge in [0.2, 0.25) is 0 Å². The average Bonchev–Trinajstić information content (AvgIpc) is 3.70. The quantitative estimate of drug-likeness (QED) is 0.178. The summed E-state index contributed by atoms with van der Waals surface area (Å²) in [6.07, 6.45) is 0. The zero-order valence-corrected chi connectivity index (χ0v) is 27.4. The minimum atomic E-state index is 1.15. The highest BCUT2D eigenvalue weighted by Gasteiger charge is 2.18. The molecule has 0 unspecified atom stereocenters. The Hall–Kier alpha value is -6.64. The molecule has 0 aliphatic rings. The highest BCUT2D eigenvalue weighted by Crippen LogP contribution is 2.40. The van der Waals surface area contributed by atoms with Crippen LogP contribution in [0.15, 0.2) is 194 Å². The predicted molar refractivity (Wildman–Crippen MR) is 211 cm³/mol. The molecular formula is C48H32N2. The molecule has 0 atom stereocenters. The van der Waals surface area contributed by atoms with E-state index in [1.807, 2.05) is 0 Å². The van der Waals surface area contributed by atoms with E-state index >= 15 is 0 Å². The lowest BCUT2D eigenvalue weighted by Crippen LogP contribution is -1.96. The van der Waals surface area contributed by atoms with Crippen LogP contribution in [0.4, 0.5) is 0 Å². The number of nitrogens with zero attached hydrogens (tertiary/aromatic N) is 2. The fourth-order valence-corrected chi connectivity index (χ4v) is 7.73. The zero-order valence-electron chi connectivity index (χ0n) is 27.4. The average molecular weight is 637 g/mol. The summed E-state index contributed by atoms with van der Waals surface area (Å²) < 4.78 is 4.86. The van der Waals surface area contributed by atoms with Crippen LogP contribution in [0.25, 0.3) is 88.4 Å². The molecule has 2 heteroatoms. The van der Waals surface area contributed by atoms with Crippen LogP contribution in [-0.4, -0.2) is 9.13 Å². The van der Waals surface area contributed by atoms with Gasteiger partial charge in [-0.05, 0) is 81.9 Å². The number of benzene rings is 8. The molecule has 2 nitrogen and oxygen atoms in total. The van der Waals surface area contributed by atoms with Crippen LogP contribution in [0.5, 0.6) is 0 Å². The van der Waals surface area contributed by atoms with Gasteiger partial charge in [0.1, 0.15) is 0 Å². The second-order valence-electron chi connectivity index (χ2n) is 13.0. The summed E-state index contributed by atoms with van der Waals surface area (Å²) in [6, 6.07) is 70.4. The molecule has 2 aromatic heterocycles. The van der Waals surface area contributed by atoms with Gasteiger partial charge in [-0.2, -0.15) is 0 Å². The molecule has 2 heterocycles. The molecule has 0 bridgehead atoms. The van der Waals surface area contributed by atoms with Crippen molar-refractivity contribution in [3.05, 3.63) is 194 Å². The van der Waals surface area contributed by atoms with Crippen molar-refractivity contribution in [2.24, 2.45) is 0 Å². The van der Waals surface area contributed by atoms with Gasteiger partial charge in [-0.3, -0.25) is 0 Å². The molecule has 0 aliphatic heterocycles. The maximum Gasteiger partial charge on any atom is 0.0562 e. The fourth-order valence-electron chi connectivity index (χ4n) is 7.73. The van der Waals surface area contributed by atoms with Crippen molar-refractivity contribution in [3.63, 3.8) is 0 Å². The number of aromatic nitrogens is 2. The van der Waals surface area contributed by atoms with Crippen molar-refractivity contribution in [2.75, 3.05) is 0 Å². The number of hydrogen-bond acceptors (Lipinski definition) is 0. The van der Waals surface area contributed by atoms with Gasteiger partial charge in [-0.25, -0.2) is 0 Å². The van der Waals surface area contributed by atoms with Crippen LogP contribution in [-0.2, 0) is 0 Å². The molecule has 0 amide bonds. The van der Waals surface area contributed by atoms with E-state index in [1.54, 1.807) is 0 Å². The molecule has 0 aliphatic carbocycles. The fraction of sp³-hybridized carbons (Fsp3) is 0. The van der Waals surface area contributed by atoms with Gasteiger partial charge < -0.3 is 9.13 Å². The van der Waals surface area contributed by atoms with Crippen LogP contribution in [0.1, 0.15) is 0 Å². The molecule has 0 saturated heterocycles. The van der Waals surface area contributed by atoms with Crippen molar-refractivity contribution in [1.82, 2.24) is 9.13 Å². The molecule has 0 N–H and O–H groups in total. The lowest BCUT2D eigenvalue weighted by Gasteiger charge is -2.12. The summed E-state index contributed by atoms with van der Waals surface area (Å²) in [4.78, 5) is 0. The third-order valence-electron chi connectivity index (χ3n) is 10.1. The molecule has 50 heavy (non-hydrogen) atoms. The van der Waals surface area contributed by atoms with Crippen molar-refractivity contribution in [1.29, 1.82) is 0 Å². The van der Waals surface area contributed by atoms with E-state index in [9.17, 15) is 0 Å². The first-order valence-electron chi connectivity index (χ1n) is 17.2. The molecule has 10 rings (SSSR count). The van der Waals surface area contributed by atoms with Crippen molar-refractivity contribution in [3.8, 4) is 44.8 Å². The first-order valence-corrected chi connectivity index (χ1v) is 17.2. The first kappa shape index (κ1) is 28.4. The number of para-hydroxylation sites is 2. The van der Waals surface area contributed by atoms with Gasteiger partial charge in [-0.15, -0.1) is 0 Å². The minimum Gasteiger partial charge on any atom is -0.309 e. The SMILES string of the molecule is c1ccc(-c2ccc(-c3ccc(-n4c5ccccc5c5cc6c7ccccc7n(-c7cccc(-c8ccccc8)c7)c6cc54)cc3)cc2)cc1. The summed E-state index contributed by atoms with van der Waals surface area (Å²) in [5, 5.41) is 5.03. The Balaban J connectivity index is 1.14. The van der Waals surface area contributed by atoms with E-state index in [0.717, 1.165) is 11.4 Å². The largest absolute Gasteiger partial charge is 0.309 e. The van der Waals surface area contributed by atoms with Crippen molar-refractivity contribution in [2.45, 2.75) is 0 Å². The van der Waals surface area contributed by atoms with Gasteiger partial charge in [-0.1, -0.05) is 146 Å². The van der Waals surface area contributed by atoms with Crippen LogP contribution in [0.2, 0.25) is 0 Å². The predicted octanol–water partition coefficient (Wildman–Crippen LogP) is 12.9. The van der Waals surface area contributed by atoms with E-state index in [2.05, 4.69) is 203 Å². The summed E-state index contributed by atoms with van der Waals surface area (Å²) in [6.45, 7) is 0. The Morgan fingerprint density at radius 1 is 0.220 bits per heavy atom. The third kappa shape index (κ3) is 4.57. The Labute approximate surface area is 290 Å². The Kier molecular flexibility index (Phi) is 6.53. The first-order chi connectivity index (χ1) is 24.8. The van der Waals surface area contributed by atoms with E-state index in [1.165, 1.54) is 77.0 Å².